The van der Waals surface area contributed by atoms with Crippen LogP contribution in [-0.4, -0.2) is 33.6 Å². The summed E-state index contributed by atoms with van der Waals surface area (Å²) in [5, 5.41) is 2.69. The van der Waals surface area contributed by atoms with E-state index in [0.717, 1.165) is 21.4 Å². The number of nitrogens with zero attached hydrogens (tertiary/aromatic N) is 2. The van der Waals surface area contributed by atoms with Crippen LogP contribution in [0.4, 0.5) is 0 Å². The van der Waals surface area contributed by atoms with Crippen molar-refractivity contribution in [1.82, 2.24) is 14.6 Å². The summed E-state index contributed by atoms with van der Waals surface area (Å²) in [5.41, 5.74) is 1.75. The Hall–Kier alpha value is -3.43. The lowest BCUT2D eigenvalue weighted by Crippen LogP contribution is -2.15. The Labute approximate surface area is 178 Å². The third kappa shape index (κ3) is 3.85. The van der Waals surface area contributed by atoms with E-state index in [0.29, 0.717) is 20.5 Å². The van der Waals surface area contributed by atoms with E-state index < -0.39 is 11.9 Å². The van der Waals surface area contributed by atoms with Gasteiger partial charge in [0.2, 0.25) is 0 Å². The van der Waals surface area contributed by atoms with Crippen molar-refractivity contribution in [2.75, 3.05) is 7.11 Å². The third-order valence-corrected chi connectivity index (χ3v) is 5.66. The van der Waals surface area contributed by atoms with Gasteiger partial charge in [-0.2, -0.15) is 0 Å². The molecule has 4 aromatic rings. The van der Waals surface area contributed by atoms with Crippen molar-refractivity contribution in [3.8, 4) is 11.3 Å². The average Bonchev–Trinajstić information content (AvgIpc) is 3.36. The van der Waals surface area contributed by atoms with Crippen LogP contribution in [0, 0.1) is 0 Å². The highest BCUT2D eigenvalue weighted by atomic mass is 35.5. The van der Waals surface area contributed by atoms with Crippen molar-refractivity contribution >= 4 is 40.5 Å². The van der Waals surface area contributed by atoms with Gasteiger partial charge in [0.15, 0.2) is 5.65 Å². The fourth-order valence-electron chi connectivity index (χ4n) is 2.78. The molecular formula is C20H14ClN3O5S. The lowest BCUT2D eigenvalue weighted by atomic mass is 10.1. The average molecular weight is 444 g/mol. The number of hydrogen-bond acceptors (Lipinski definition) is 7. The van der Waals surface area contributed by atoms with E-state index in [9.17, 15) is 14.4 Å². The van der Waals surface area contributed by atoms with Crippen LogP contribution in [0.2, 0.25) is 4.34 Å². The minimum atomic E-state index is -0.692. The van der Waals surface area contributed by atoms with Crippen LogP contribution in [0.1, 0.15) is 25.7 Å². The Morgan fingerprint density at radius 3 is 2.67 bits per heavy atom. The number of hydrogen-bond donors (Lipinski definition) is 1. The fourth-order valence-corrected chi connectivity index (χ4v) is 3.95. The number of fused-ring (bicyclic) bond motifs is 1. The van der Waals surface area contributed by atoms with E-state index in [1.54, 1.807) is 0 Å². The van der Waals surface area contributed by atoms with Crippen LogP contribution in [-0.2, 0) is 16.1 Å². The number of esters is 2. The zero-order chi connectivity index (χ0) is 21.3. The van der Waals surface area contributed by atoms with Gasteiger partial charge in [-0.1, -0.05) is 41.9 Å². The largest absolute Gasteiger partial charge is 0.465 e. The molecule has 10 heteroatoms. The molecule has 4 rings (SSSR count). The normalized spacial score (nSPS) is 10.9. The lowest BCUT2D eigenvalue weighted by Gasteiger charge is -2.01. The summed E-state index contributed by atoms with van der Waals surface area (Å²) in [7, 11) is 1.27. The van der Waals surface area contributed by atoms with E-state index in [4.69, 9.17) is 16.3 Å². The first-order valence-corrected chi connectivity index (χ1v) is 9.87. The van der Waals surface area contributed by atoms with Crippen LogP contribution in [0.15, 0.2) is 53.3 Å². The molecule has 0 atom stereocenters. The molecule has 0 aliphatic carbocycles. The molecule has 0 saturated heterocycles. The van der Waals surface area contributed by atoms with Crippen LogP contribution < -0.4 is 5.56 Å². The number of ether oxygens (including phenoxy) is 2. The second kappa shape index (κ2) is 8.13. The summed E-state index contributed by atoms with van der Waals surface area (Å²) in [6.45, 7) is -0.141. The van der Waals surface area contributed by atoms with Gasteiger partial charge in [-0.3, -0.25) is 9.89 Å². The van der Waals surface area contributed by atoms with E-state index in [-0.39, 0.29) is 23.5 Å². The van der Waals surface area contributed by atoms with E-state index >= 15 is 0 Å². The van der Waals surface area contributed by atoms with Crippen molar-refractivity contribution in [1.29, 1.82) is 0 Å². The number of methoxy groups -OCH3 is 1. The first-order valence-electron chi connectivity index (χ1n) is 8.68. The van der Waals surface area contributed by atoms with Gasteiger partial charge in [-0.05, 0) is 6.07 Å². The number of aromatic amines is 1. The smallest absolute Gasteiger partial charge is 0.356 e. The molecule has 0 unspecified atom stereocenters. The van der Waals surface area contributed by atoms with E-state index in [1.165, 1.54) is 25.3 Å². The molecule has 1 N–H and O–H groups in total. The topological polar surface area (TPSA) is 103 Å². The summed E-state index contributed by atoms with van der Waals surface area (Å²) in [5.74, 6) is -1.21. The number of carbonyl (C=O) groups excluding carboxylic acids is 2. The minimum absolute atomic E-state index is 0.0596. The first-order chi connectivity index (χ1) is 14.5. The van der Waals surface area contributed by atoms with Gasteiger partial charge >= 0.3 is 11.9 Å². The lowest BCUT2D eigenvalue weighted by molar-refractivity contribution is 0.0466. The molecule has 1 aromatic carbocycles. The number of rotatable bonds is 5. The maximum atomic E-state index is 12.4. The molecule has 0 amide bonds. The van der Waals surface area contributed by atoms with Crippen molar-refractivity contribution in [2.45, 2.75) is 6.61 Å². The molecule has 8 nitrogen and oxygen atoms in total. The summed E-state index contributed by atoms with van der Waals surface area (Å²) in [4.78, 5) is 41.2. The van der Waals surface area contributed by atoms with Crippen LogP contribution in [0.25, 0.3) is 16.9 Å². The number of benzene rings is 1. The predicted octanol–water partition coefficient (Wildman–Crippen LogP) is 3.55. The van der Waals surface area contributed by atoms with E-state index in [1.807, 2.05) is 30.3 Å². The quantitative estimate of drug-likeness (QED) is 0.473. The summed E-state index contributed by atoms with van der Waals surface area (Å²) in [6.07, 6.45) is 0. The van der Waals surface area contributed by atoms with Gasteiger partial charge in [-0.15, -0.1) is 11.3 Å². The molecule has 0 saturated carbocycles. The highest BCUT2D eigenvalue weighted by Gasteiger charge is 2.18. The van der Waals surface area contributed by atoms with Gasteiger partial charge in [0, 0.05) is 23.3 Å². The maximum absolute atomic E-state index is 12.4. The first kappa shape index (κ1) is 19.9. The highest BCUT2D eigenvalue weighted by Crippen LogP contribution is 2.29. The van der Waals surface area contributed by atoms with Gasteiger partial charge < -0.3 is 9.47 Å². The molecule has 152 valence electrons. The maximum Gasteiger partial charge on any atom is 0.356 e. The number of aromatic nitrogens is 3. The summed E-state index contributed by atoms with van der Waals surface area (Å²) in [6, 6.07) is 13.6. The zero-order valence-electron chi connectivity index (χ0n) is 15.5. The van der Waals surface area contributed by atoms with E-state index in [2.05, 4.69) is 14.8 Å². The molecule has 0 aliphatic rings. The van der Waals surface area contributed by atoms with Crippen molar-refractivity contribution in [2.24, 2.45) is 0 Å². The van der Waals surface area contributed by atoms with Crippen molar-refractivity contribution in [3.63, 3.8) is 0 Å². The molecule has 3 aromatic heterocycles. The molecule has 0 radical (unpaired) electrons. The minimum Gasteiger partial charge on any atom is -0.465 e. The molecule has 0 aliphatic heterocycles. The molecule has 3 heterocycles. The number of H-pyrrole nitrogens is 1. The number of halogens is 1. The van der Waals surface area contributed by atoms with Crippen molar-refractivity contribution < 1.29 is 19.1 Å². The third-order valence-electron chi connectivity index (χ3n) is 4.24. The van der Waals surface area contributed by atoms with Gasteiger partial charge in [-0.25, -0.2) is 19.1 Å². The SMILES string of the molecule is COC(=O)c1cc(COC(=O)c2cc3nc(-c4ccccc4)cc(=O)n3[nH]2)c(Cl)s1. The number of carbonyl (C=O) groups is 2. The second-order valence-electron chi connectivity index (χ2n) is 6.19. The van der Waals surface area contributed by atoms with Crippen LogP contribution in [0.3, 0.4) is 0 Å². The Morgan fingerprint density at radius 1 is 1.17 bits per heavy atom. The second-order valence-corrected chi connectivity index (χ2v) is 7.84. The predicted molar refractivity (Wildman–Crippen MR) is 111 cm³/mol. The standard InChI is InChI=1S/C20H14ClN3O5S/c1-28-20(27)15-7-12(18(21)30-15)10-29-19(26)14-8-16-22-13(9-17(25)24(16)23-14)11-5-3-2-4-6-11/h2-9,23H,10H2,1H3. The molecule has 0 bridgehead atoms. The van der Waals surface area contributed by atoms with Crippen molar-refractivity contribution in [3.05, 3.63) is 79.4 Å². The van der Waals surface area contributed by atoms with Gasteiger partial charge in [0.25, 0.3) is 5.56 Å². The summed E-state index contributed by atoms with van der Waals surface area (Å²) < 4.78 is 11.4. The van der Waals surface area contributed by atoms with Crippen LogP contribution >= 0.6 is 22.9 Å². The molecule has 0 spiro atoms. The molecule has 30 heavy (non-hydrogen) atoms. The Bertz CT molecular complexity index is 1310. The Balaban J connectivity index is 1.55. The zero-order valence-corrected chi connectivity index (χ0v) is 17.1. The monoisotopic (exact) mass is 443 g/mol. The summed E-state index contributed by atoms with van der Waals surface area (Å²) >= 11 is 7.13. The van der Waals surface area contributed by atoms with Gasteiger partial charge in [0.1, 0.15) is 21.5 Å². The number of nitrogens with one attached hydrogen (secondary N) is 1. The Morgan fingerprint density at radius 2 is 1.93 bits per heavy atom. The molecule has 0 fully saturated rings. The number of thiophene rings is 1. The van der Waals surface area contributed by atoms with Crippen LogP contribution in [0.5, 0.6) is 0 Å². The van der Waals surface area contributed by atoms with Gasteiger partial charge in [0.05, 0.1) is 12.8 Å². The highest BCUT2D eigenvalue weighted by molar-refractivity contribution is 7.18. The Kier molecular flexibility index (Phi) is 5.39. The molecular weight excluding hydrogens is 430 g/mol. The fraction of sp³-hybridized carbons (Fsp3) is 0.100.